The summed E-state index contributed by atoms with van der Waals surface area (Å²) in [6, 6.07) is 16.3. The molecule has 10 heteroatoms. The highest BCUT2D eigenvalue weighted by Gasteiger charge is 2.54. The van der Waals surface area contributed by atoms with E-state index in [4.69, 9.17) is 5.73 Å². The van der Waals surface area contributed by atoms with Crippen LogP contribution in [0.25, 0.3) is 0 Å². The van der Waals surface area contributed by atoms with Crippen LogP contribution in [-0.2, 0) is 37.1 Å². The minimum atomic E-state index is -3.48. The smallest absolute Gasteiger partial charge is 0.256 e. The molecule has 0 spiro atoms. The Bertz CT molecular complexity index is 1420. The molecule has 2 atom stereocenters. The molecule has 0 aromatic heterocycles. The number of amides is 3. The van der Waals surface area contributed by atoms with Crippen LogP contribution < -0.4 is 5.73 Å². The average Bonchev–Trinajstić information content (AvgIpc) is 3.13. The van der Waals surface area contributed by atoms with Gasteiger partial charge in [-0.15, -0.1) is 0 Å². The second-order valence-electron chi connectivity index (χ2n) is 11.2. The Morgan fingerprint density at radius 1 is 1.10 bits per heavy atom. The molecular weight excluding hydrogens is 516 g/mol. The van der Waals surface area contributed by atoms with Gasteiger partial charge in [0.1, 0.15) is 5.41 Å². The first-order valence-corrected chi connectivity index (χ1v) is 14.9. The summed E-state index contributed by atoms with van der Waals surface area (Å²) in [6.45, 7) is 3.80. The number of benzene rings is 2. The number of hydrazone groups is 1. The predicted octanol–water partition coefficient (Wildman–Crippen LogP) is 2.44. The standard InChI is InChI=1S/C29H36N4O5S/c1-28(2,26(30)35)22(15-14-21-12-8-9-13-23(21)39(4,37)38)25(34)33-17-16-24-29(19-33,27(36)32(3)31-24)18-20-10-6-5-7-11-20/h5-13,22H,14-19H2,1-4H3,(H2,30,35)/t22-,29+/m0/s1. The van der Waals surface area contributed by atoms with Gasteiger partial charge in [0.05, 0.1) is 21.9 Å². The highest BCUT2D eigenvalue weighted by Crippen LogP contribution is 2.40. The minimum absolute atomic E-state index is 0.147. The van der Waals surface area contributed by atoms with Gasteiger partial charge in [0.2, 0.25) is 11.8 Å². The lowest BCUT2D eigenvalue weighted by atomic mass is 9.71. The van der Waals surface area contributed by atoms with Gasteiger partial charge in [0.15, 0.2) is 9.84 Å². The van der Waals surface area contributed by atoms with E-state index in [1.807, 2.05) is 30.3 Å². The quantitative estimate of drug-likeness (QED) is 0.511. The van der Waals surface area contributed by atoms with Gasteiger partial charge in [-0.1, -0.05) is 62.4 Å². The van der Waals surface area contributed by atoms with Gasteiger partial charge in [-0.3, -0.25) is 14.4 Å². The molecule has 0 saturated carbocycles. The SMILES string of the molecule is CN1N=C2CCN(C(=O)[C@H](CCc3ccccc3S(C)(=O)=O)C(C)(C)C(N)=O)C[C@@]2(Cc2ccccc2)C1=O. The second-order valence-corrected chi connectivity index (χ2v) is 13.2. The first kappa shape index (κ1) is 28.5. The molecule has 2 N–H and O–H groups in total. The van der Waals surface area contributed by atoms with Crippen LogP contribution in [0.1, 0.15) is 37.8 Å². The molecule has 0 unspecified atom stereocenters. The van der Waals surface area contributed by atoms with E-state index in [1.165, 1.54) is 5.01 Å². The topological polar surface area (TPSA) is 130 Å². The van der Waals surface area contributed by atoms with Gasteiger partial charge in [0.25, 0.3) is 5.91 Å². The number of primary amides is 1. The molecule has 2 aliphatic heterocycles. The van der Waals surface area contributed by atoms with Crippen molar-refractivity contribution in [3.05, 3.63) is 65.7 Å². The molecule has 208 valence electrons. The summed E-state index contributed by atoms with van der Waals surface area (Å²) in [5, 5.41) is 5.88. The number of carbonyl (C=O) groups is 3. The summed E-state index contributed by atoms with van der Waals surface area (Å²) >= 11 is 0. The highest BCUT2D eigenvalue weighted by molar-refractivity contribution is 7.90. The number of aryl methyl sites for hydroxylation is 1. The molecular formula is C29H36N4O5S. The largest absolute Gasteiger partial charge is 0.369 e. The van der Waals surface area contributed by atoms with E-state index >= 15 is 0 Å². The van der Waals surface area contributed by atoms with Crippen LogP contribution in [0.2, 0.25) is 0 Å². The maximum Gasteiger partial charge on any atom is 0.256 e. The number of hydrogen-bond donors (Lipinski definition) is 1. The van der Waals surface area contributed by atoms with Crippen LogP contribution in [0.4, 0.5) is 0 Å². The van der Waals surface area contributed by atoms with Crippen LogP contribution >= 0.6 is 0 Å². The molecule has 0 bridgehead atoms. The second kappa shape index (κ2) is 10.6. The number of hydrogen-bond acceptors (Lipinski definition) is 6. The van der Waals surface area contributed by atoms with Crippen LogP contribution in [-0.4, -0.2) is 68.2 Å². The summed E-state index contributed by atoms with van der Waals surface area (Å²) in [5.41, 5.74) is 5.91. The molecule has 2 aliphatic rings. The zero-order valence-electron chi connectivity index (χ0n) is 22.9. The lowest BCUT2D eigenvalue weighted by Crippen LogP contribution is -2.58. The molecule has 2 aromatic carbocycles. The summed E-state index contributed by atoms with van der Waals surface area (Å²) < 4.78 is 24.7. The van der Waals surface area contributed by atoms with E-state index < -0.39 is 32.5 Å². The average molecular weight is 553 g/mol. The fraction of sp³-hybridized carbons (Fsp3) is 0.448. The molecule has 0 radical (unpaired) electrons. The first-order chi connectivity index (χ1) is 18.3. The molecule has 39 heavy (non-hydrogen) atoms. The van der Waals surface area contributed by atoms with Crippen LogP contribution in [0, 0.1) is 16.7 Å². The summed E-state index contributed by atoms with van der Waals surface area (Å²) in [4.78, 5) is 42.1. The van der Waals surface area contributed by atoms with Gasteiger partial charge >= 0.3 is 0 Å². The third-order valence-corrected chi connectivity index (χ3v) is 9.34. The highest BCUT2D eigenvalue weighted by atomic mass is 32.2. The van der Waals surface area contributed by atoms with Crippen molar-refractivity contribution in [3.8, 4) is 0 Å². The monoisotopic (exact) mass is 552 g/mol. The molecule has 4 rings (SSSR count). The van der Waals surface area contributed by atoms with Crippen molar-refractivity contribution in [2.75, 3.05) is 26.4 Å². The van der Waals surface area contributed by atoms with Crippen LogP contribution in [0.3, 0.4) is 0 Å². The third-order valence-electron chi connectivity index (χ3n) is 8.14. The number of rotatable bonds is 9. The number of carbonyl (C=O) groups excluding carboxylic acids is 3. The predicted molar refractivity (Wildman–Crippen MR) is 148 cm³/mol. The summed E-state index contributed by atoms with van der Waals surface area (Å²) in [6.07, 6.45) is 2.49. The number of piperidine rings is 1. The summed E-state index contributed by atoms with van der Waals surface area (Å²) in [5.74, 6) is -1.87. The normalized spacial score (nSPS) is 20.4. The van der Waals surface area contributed by atoms with Crippen molar-refractivity contribution >= 4 is 33.3 Å². The van der Waals surface area contributed by atoms with E-state index in [0.717, 1.165) is 17.5 Å². The molecule has 0 aliphatic carbocycles. The lowest BCUT2D eigenvalue weighted by molar-refractivity contribution is -0.148. The minimum Gasteiger partial charge on any atom is -0.369 e. The van der Waals surface area contributed by atoms with Crippen molar-refractivity contribution in [1.29, 1.82) is 0 Å². The fourth-order valence-electron chi connectivity index (χ4n) is 5.77. The zero-order chi connectivity index (χ0) is 28.6. The Hall–Kier alpha value is -3.53. The van der Waals surface area contributed by atoms with E-state index in [-0.39, 0.29) is 36.1 Å². The van der Waals surface area contributed by atoms with Crippen molar-refractivity contribution in [2.24, 2.45) is 27.6 Å². The summed E-state index contributed by atoms with van der Waals surface area (Å²) in [7, 11) is -1.85. The maximum absolute atomic E-state index is 14.2. The van der Waals surface area contributed by atoms with Gasteiger partial charge in [0, 0.05) is 32.8 Å². The Morgan fingerprint density at radius 3 is 2.38 bits per heavy atom. The number of sulfone groups is 1. The van der Waals surface area contributed by atoms with Crippen molar-refractivity contribution < 1.29 is 22.8 Å². The Morgan fingerprint density at radius 2 is 1.74 bits per heavy atom. The van der Waals surface area contributed by atoms with Gasteiger partial charge < -0.3 is 10.6 Å². The molecule has 1 saturated heterocycles. The molecule has 9 nitrogen and oxygen atoms in total. The third kappa shape index (κ3) is 5.48. The van der Waals surface area contributed by atoms with Crippen LogP contribution in [0.15, 0.2) is 64.6 Å². The van der Waals surface area contributed by atoms with Gasteiger partial charge in [-0.25, -0.2) is 13.4 Å². The number of fused-ring (bicyclic) bond motifs is 1. The maximum atomic E-state index is 14.2. The van der Waals surface area contributed by atoms with E-state index in [1.54, 1.807) is 50.1 Å². The van der Waals surface area contributed by atoms with Crippen molar-refractivity contribution in [1.82, 2.24) is 9.91 Å². The Balaban J connectivity index is 1.65. The fourth-order valence-corrected chi connectivity index (χ4v) is 6.74. The Kier molecular flexibility index (Phi) is 7.71. The van der Waals surface area contributed by atoms with Gasteiger partial charge in [-0.05, 0) is 36.5 Å². The zero-order valence-corrected chi connectivity index (χ0v) is 23.7. The van der Waals surface area contributed by atoms with E-state index in [9.17, 15) is 22.8 Å². The van der Waals surface area contributed by atoms with Crippen molar-refractivity contribution in [2.45, 2.75) is 44.4 Å². The Labute approximate surface area is 230 Å². The number of likely N-dealkylation sites (tertiary alicyclic amines) is 1. The van der Waals surface area contributed by atoms with E-state index in [0.29, 0.717) is 24.9 Å². The number of nitrogens with two attached hydrogens (primary N) is 1. The molecule has 1 fully saturated rings. The molecule has 2 aromatic rings. The molecule has 3 amide bonds. The van der Waals surface area contributed by atoms with E-state index in [2.05, 4.69) is 5.10 Å². The van der Waals surface area contributed by atoms with Gasteiger partial charge in [-0.2, -0.15) is 5.10 Å². The van der Waals surface area contributed by atoms with Crippen LogP contribution in [0.5, 0.6) is 0 Å². The first-order valence-electron chi connectivity index (χ1n) is 13.0. The number of nitrogens with zero attached hydrogens (tertiary/aromatic N) is 3. The lowest BCUT2D eigenvalue weighted by Gasteiger charge is -2.42. The molecule has 2 heterocycles. The van der Waals surface area contributed by atoms with Crippen molar-refractivity contribution in [3.63, 3.8) is 0 Å².